The summed E-state index contributed by atoms with van der Waals surface area (Å²) in [6.45, 7) is 9.90. The van der Waals surface area contributed by atoms with E-state index in [0.29, 0.717) is 17.8 Å². The van der Waals surface area contributed by atoms with Crippen LogP contribution in [0.15, 0.2) is 17.7 Å². The zero-order valence-corrected chi connectivity index (χ0v) is 12.5. The minimum absolute atomic E-state index is 0.0746. The largest absolute Gasteiger partial charge is 0.294 e. The van der Waals surface area contributed by atoms with E-state index in [0.717, 1.165) is 27.7 Å². The molecule has 0 atom stereocenters. The van der Waals surface area contributed by atoms with Gasteiger partial charge in [-0.05, 0) is 38.3 Å². The molecule has 0 amide bonds. The Kier molecular flexibility index (Phi) is 5.22. The van der Waals surface area contributed by atoms with Gasteiger partial charge in [0.2, 0.25) is 0 Å². The summed E-state index contributed by atoms with van der Waals surface area (Å²) >= 11 is 0. The van der Waals surface area contributed by atoms with E-state index in [4.69, 9.17) is 15.7 Å². The molecular weight excluding hydrogens is 230 g/mol. The van der Waals surface area contributed by atoms with Gasteiger partial charge in [-0.15, -0.1) is 0 Å². The van der Waals surface area contributed by atoms with Gasteiger partial charge in [-0.25, -0.2) is 0 Å². The molecule has 0 bridgehead atoms. The second kappa shape index (κ2) is 6.27. The summed E-state index contributed by atoms with van der Waals surface area (Å²) in [7, 11) is 12.2. The van der Waals surface area contributed by atoms with Crippen LogP contribution < -0.4 is 10.9 Å². The van der Waals surface area contributed by atoms with E-state index in [1.807, 2.05) is 26.8 Å². The monoisotopic (exact) mass is 250 g/mol. The molecule has 0 heterocycles. The average Bonchev–Trinajstić information content (AvgIpc) is 2.28. The van der Waals surface area contributed by atoms with Crippen LogP contribution in [0.1, 0.15) is 50.3 Å². The molecule has 0 fully saturated rings. The lowest BCUT2D eigenvalue weighted by molar-refractivity contribution is -0.114. The summed E-state index contributed by atoms with van der Waals surface area (Å²) < 4.78 is 0. The molecule has 0 unspecified atom stereocenters. The summed E-state index contributed by atoms with van der Waals surface area (Å²) in [6, 6.07) is 1.97. The molecule has 1 nitrogen and oxygen atoms in total. The van der Waals surface area contributed by atoms with E-state index < -0.39 is 0 Å². The second-order valence-electron chi connectivity index (χ2n) is 5.60. The molecule has 1 aromatic rings. The van der Waals surface area contributed by atoms with Crippen molar-refractivity contribution < 1.29 is 4.79 Å². The second-order valence-corrected chi connectivity index (χ2v) is 5.60. The third kappa shape index (κ3) is 3.86. The Labute approximate surface area is 119 Å². The standard InChI is InChI=1S/C16H20B2O/c1-9(2)6-13(19)7-12-8-14(10(3)4)16(18)11(5)15(12)17/h6,8,10H,7H2,1-5H3. The molecule has 0 saturated carbocycles. The van der Waals surface area contributed by atoms with Crippen LogP contribution in [0.3, 0.4) is 0 Å². The SMILES string of the molecule is [B]c1c(CC(=O)C=C(C)C)cc(C(C)C)c([B])c1C. The van der Waals surface area contributed by atoms with Crippen molar-refractivity contribution in [2.24, 2.45) is 0 Å². The number of hydrogen-bond acceptors (Lipinski definition) is 1. The molecule has 96 valence electrons. The maximum Gasteiger partial charge on any atom is 0.159 e. The van der Waals surface area contributed by atoms with Gasteiger partial charge in [0.05, 0.1) is 0 Å². The van der Waals surface area contributed by atoms with Gasteiger partial charge in [0.25, 0.3) is 0 Å². The van der Waals surface area contributed by atoms with E-state index in [-0.39, 0.29) is 5.78 Å². The summed E-state index contributed by atoms with van der Waals surface area (Å²) in [5.74, 6) is 0.391. The summed E-state index contributed by atoms with van der Waals surface area (Å²) in [6.07, 6.45) is 1.98. The van der Waals surface area contributed by atoms with E-state index in [2.05, 4.69) is 13.8 Å². The maximum absolute atomic E-state index is 11.9. The minimum Gasteiger partial charge on any atom is -0.294 e. The van der Waals surface area contributed by atoms with Gasteiger partial charge in [-0.2, -0.15) is 0 Å². The van der Waals surface area contributed by atoms with Crippen molar-refractivity contribution >= 4 is 32.4 Å². The van der Waals surface area contributed by atoms with Crippen molar-refractivity contribution in [2.45, 2.75) is 47.0 Å². The van der Waals surface area contributed by atoms with Crippen LogP contribution in [0, 0.1) is 6.92 Å². The Bertz CT molecular complexity index is 524. The summed E-state index contributed by atoms with van der Waals surface area (Å²) in [5, 5.41) is 0. The Balaban J connectivity index is 3.22. The van der Waals surface area contributed by atoms with Gasteiger partial charge in [0, 0.05) is 6.42 Å². The zero-order valence-electron chi connectivity index (χ0n) is 12.5. The molecule has 0 aliphatic rings. The highest BCUT2D eigenvalue weighted by atomic mass is 16.1. The molecule has 0 aliphatic heterocycles. The first-order chi connectivity index (χ1) is 8.73. The molecular formula is C16H20B2O. The first-order valence-corrected chi connectivity index (χ1v) is 6.59. The molecule has 0 aliphatic carbocycles. The van der Waals surface area contributed by atoms with Crippen LogP contribution >= 0.6 is 0 Å². The van der Waals surface area contributed by atoms with Crippen molar-refractivity contribution in [3.63, 3.8) is 0 Å². The smallest absolute Gasteiger partial charge is 0.159 e. The molecule has 1 aromatic carbocycles. The van der Waals surface area contributed by atoms with E-state index in [1.165, 1.54) is 0 Å². The first-order valence-electron chi connectivity index (χ1n) is 6.59. The van der Waals surface area contributed by atoms with Gasteiger partial charge in [-0.1, -0.05) is 47.5 Å². The van der Waals surface area contributed by atoms with Gasteiger partial charge >= 0.3 is 0 Å². The Morgan fingerprint density at radius 1 is 1.26 bits per heavy atom. The fraction of sp³-hybridized carbons (Fsp3) is 0.438. The van der Waals surface area contributed by atoms with Crippen molar-refractivity contribution in [2.75, 3.05) is 0 Å². The molecule has 1 rings (SSSR count). The third-order valence-corrected chi connectivity index (χ3v) is 3.23. The fourth-order valence-corrected chi connectivity index (χ4v) is 2.13. The number of allylic oxidation sites excluding steroid dienone is 2. The van der Waals surface area contributed by atoms with Crippen LogP contribution in [-0.2, 0) is 11.2 Å². The van der Waals surface area contributed by atoms with Crippen LogP contribution in [0.25, 0.3) is 0 Å². The number of carbonyl (C=O) groups excluding carboxylic acids is 1. The lowest BCUT2D eigenvalue weighted by Crippen LogP contribution is -2.28. The molecule has 0 spiro atoms. The number of ketones is 1. The highest BCUT2D eigenvalue weighted by Gasteiger charge is 2.12. The molecule has 3 heteroatoms. The third-order valence-electron chi connectivity index (χ3n) is 3.23. The molecule has 4 radical (unpaired) electrons. The van der Waals surface area contributed by atoms with Crippen molar-refractivity contribution in [1.29, 1.82) is 0 Å². The van der Waals surface area contributed by atoms with Gasteiger partial charge in [0.1, 0.15) is 15.7 Å². The number of hydrogen-bond donors (Lipinski definition) is 0. The van der Waals surface area contributed by atoms with E-state index >= 15 is 0 Å². The van der Waals surface area contributed by atoms with Crippen molar-refractivity contribution in [1.82, 2.24) is 0 Å². The predicted octanol–water partition coefficient (Wildman–Crippen LogP) is 1.78. The van der Waals surface area contributed by atoms with E-state index in [1.54, 1.807) is 6.08 Å². The van der Waals surface area contributed by atoms with Gasteiger partial charge in [-0.3, -0.25) is 4.79 Å². The summed E-state index contributed by atoms with van der Waals surface area (Å²) in [5.41, 5.74) is 5.19. The maximum atomic E-state index is 11.9. The molecule has 0 aromatic heterocycles. The number of carbonyl (C=O) groups is 1. The van der Waals surface area contributed by atoms with Gasteiger partial charge in [0.15, 0.2) is 5.78 Å². The van der Waals surface area contributed by atoms with Crippen LogP contribution in [-0.4, -0.2) is 21.5 Å². The lowest BCUT2D eigenvalue weighted by Gasteiger charge is -2.19. The Hall–Kier alpha value is -1.24. The van der Waals surface area contributed by atoms with Crippen LogP contribution in [0.4, 0.5) is 0 Å². The number of rotatable bonds is 4. The average molecular weight is 250 g/mol. The number of benzene rings is 1. The zero-order chi connectivity index (χ0) is 14.7. The predicted molar refractivity (Wildman–Crippen MR) is 84.2 cm³/mol. The van der Waals surface area contributed by atoms with Gasteiger partial charge < -0.3 is 0 Å². The topological polar surface area (TPSA) is 17.1 Å². The van der Waals surface area contributed by atoms with Crippen LogP contribution in [0.2, 0.25) is 0 Å². The molecule has 0 saturated heterocycles. The quantitative estimate of drug-likeness (QED) is 0.588. The highest BCUT2D eigenvalue weighted by molar-refractivity contribution is 6.41. The first kappa shape index (κ1) is 15.8. The molecule has 0 N–H and O–H groups in total. The van der Waals surface area contributed by atoms with Crippen molar-refractivity contribution in [3.05, 3.63) is 34.4 Å². The van der Waals surface area contributed by atoms with E-state index in [9.17, 15) is 4.79 Å². The summed E-state index contributed by atoms with van der Waals surface area (Å²) in [4.78, 5) is 11.9. The van der Waals surface area contributed by atoms with Crippen molar-refractivity contribution in [3.8, 4) is 0 Å². The minimum atomic E-state index is 0.0746. The molecule has 19 heavy (non-hydrogen) atoms. The Morgan fingerprint density at radius 3 is 2.32 bits per heavy atom. The lowest BCUT2D eigenvalue weighted by atomic mass is 9.73. The fourth-order valence-electron chi connectivity index (χ4n) is 2.13. The highest BCUT2D eigenvalue weighted by Crippen LogP contribution is 2.15. The normalized spacial score (nSPS) is 10.6. The van der Waals surface area contributed by atoms with Crippen LogP contribution in [0.5, 0.6) is 0 Å². The Morgan fingerprint density at radius 2 is 1.84 bits per heavy atom.